The molecule has 0 N–H and O–H groups in total. The van der Waals surface area contributed by atoms with Gasteiger partial charge in [0.25, 0.3) is 6.29 Å². The highest BCUT2D eigenvalue weighted by Gasteiger charge is 2.40. The molecule has 0 aliphatic carbocycles. The number of hydrogen-bond donors (Lipinski definition) is 0. The second kappa shape index (κ2) is 7.65. The molecule has 0 rings (SSSR count). The standard InChI is InChI=1S/C16H30O4/c1-9-12(6)16(7,8)15(19-13(17)10(2)3)20-14(18)11(4)5/h10-12,15H,9H2,1-8H3. The van der Waals surface area contributed by atoms with Crippen molar-refractivity contribution in [2.24, 2.45) is 23.2 Å². The lowest BCUT2D eigenvalue weighted by molar-refractivity contribution is -0.219. The van der Waals surface area contributed by atoms with Gasteiger partial charge in [-0.2, -0.15) is 0 Å². The maximum absolute atomic E-state index is 11.8. The maximum atomic E-state index is 11.8. The summed E-state index contributed by atoms with van der Waals surface area (Å²) in [4.78, 5) is 23.7. The molecule has 0 spiro atoms. The average molecular weight is 286 g/mol. The molecule has 1 atom stereocenters. The SMILES string of the molecule is CCC(C)C(C)(C)C(OC(=O)C(C)C)OC(=O)C(C)C. The summed E-state index contributed by atoms with van der Waals surface area (Å²) in [5, 5.41) is 0. The van der Waals surface area contributed by atoms with Crippen molar-refractivity contribution in [3.63, 3.8) is 0 Å². The molecule has 0 fully saturated rings. The van der Waals surface area contributed by atoms with E-state index in [0.717, 1.165) is 6.42 Å². The molecule has 0 aliphatic heterocycles. The van der Waals surface area contributed by atoms with Crippen molar-refractivity contribution in [2.45, 2.75) is 68.1 Å². The summed E-state index contributed by atoms with van der Waals surface area (Å²) < 4.78 is 10.9. The van der Waals surface area contributed by atoms with Crippen molar-refractivity contribution in [1.82, 2.24) is 0 Å². The van der Waals surface area contributed by atoms with E-state index >= 15 is 0 Å². The summed E-state index contributed by atoms with van der Waals surface area (Å²) in [7, 11) is 0. The molecule has 0 aliphatic rings. The van der Waals surface area contributed by atoms with Crippen LogP contribution in [0.3, 0.4) is 0 Å². The Kier molecular flexibility index (Phi) is 7.25. The van der Waals surface area contributed by atoms with Crippen LogP contribution in [0.5, 0.6) is 0 Å². The number of hydrogen-bond acceptors (Lipinski definition) is 4. The fourth-order valence-electron chi connectivity index (χ4n) is 1.57. The quantitative estimate of drug-likeness (QED) is 0.528. The van der Waals surface area contributed by atoms with E-state index in [4.69, 9.17) is 9.47 Å². The fourth-order valence-corrected chi connectivity index (χ4v) is 1.57. The Morgan fingerprint density at radius 2 is 1.25 bits per heavy atom. The monoisotopic (exact) mass is 286 g/mol. The third-order valence-corrected chi connectivity index (χ3v) is 3.88. The van der Waals surface area contributed by atoms with E-state index in [1.807, 2.05) is 13.8 Å². The van der Waals surface area contributed by atoms with Gasteiger partial charge in [0, 0.05) is 5.41 Å². The first-order valence-electron chi connectivity index (χ1n) is 7.44. The fraction of sp³-hybridized carbons (Fsp3) is 0.875. The first-order chi connectivity index (χ1) is 9.03. The Balaban J connectivity index is 5.15. The van der Waals surface area contributed by atoms with Crippen molar-refractivity contribution < 1.29 is 19.1 Å². The van der Waals surface area contributed by atoms with Crippen molar-refractivity contribution in [1.29, 1.82) is 0 Å². The molecular formula is C16H30O4. The van der Waals surface area contributed by atoms with Crippen molar-refractivity contribution in [2.75, 3.05) is 0 Å². The predicted molar refractivity (Wildman–Crippen MR) is 78.9 cm³/mol. The minimum absolute atomic E-state index is 0.247. The largest absolute Gasteiger partial charge is 0.424 e. The van der Waals surface area contributed by atoms with Crippen LogP contribution in [-0.4, -0.2) is 18.2 Å². The highest BCUT2D eigenvalue weighted by atomic mass is 16.7. The number of carbonyl (C=O) groups excluding carboxylic acids is 2. The van der Waals surface area contributed by atoms with E-state index < -0.39 is 11.7 Å². The third-order valence-electron chi connectivity index (χ3n) is 3.88. The molecule has 0 radical (unpaired) electrons. The molecule has 1 unspecified atom stereocenters. The maximum Gasteiger partial charge on any atom is 0.311 e. The summed E-state index contributed by atoms with van der Waals surface area (Å²) >= 11 is 0. The van der Waals surface area contributed by atoms with E-state index in [9.17, 15) is 9.59 Å². The molecule has 0 saturated carbocycles. The lowest BCUT2D eigenvalue weighted by Crippen LogP contribution is -2.43. The number of carbonyl (C=O) groups is 2. The average Bonchev–Trinajstić information content (AvgIpc) is 2.35. The van der Waals surface area contributed by atoms with Gasteiger partial charge in [-0.05, 0) is 5.92 Å². The summed E-state index contributed by atoms with van der Waals surface area (Å²) in [6, 6.07) is 0. The van der Waals surface area contributed by atoms with E-state index in [-0.39, 0.29) is 29.7 Å². The molecule has 0 heterocycles. The normalized spacial score (nSPS) is 13.8. The van der Waals surface area contributed by atoms with E-state index in [1.54, 1.807) is 27.7 Å². The molecule has 20 heavy (non-hydrogen) atoms. The predicted octanol–water partition coefficient (Wildman–Crippen LogP) is 3.78. The van der Waals surface area contributed by atoms with Gasteiger partial charge in [-0.1, -0.05) is 61.8 Å². The van der Waals surface area contributed by atoms with Crippen LogP contribution in [0, 0.1) is 23.2 Å². The Hall–Kier alpha value is -1.06. The van der Waals surface area contributed by atoms with Gasteiger partial charge < -0.3 is 9.47 Å². The lowest BCUT2D eigenvalue weighted by Gasteiger charge is -2.37. The molecule has 0 amide bonds. The van der Waals surface area contributed by atoms with Crippen LogP contribution in [-0.2, 0) is 19.1 Å². The Morgan fingerprint density at radius 3 is 1.50 bits per heavy atom. The highest BCUT2D eigenvalue weighted by molar-refractivity contribution is 5.73. The molecule has 0 saturated heterocycles. The van der Waals surface area contributed by atoms with Gasteiger partial charge in [0.05, 0.1) is 11.8 Å². The van der Waals surface area contributed by atoms with E-state index in [1.165, 1.54) is 0 Å². The van der Waals surface area contributed by atoms with Gasteiger partial charge in [0.2, 0.25) is 0 Å². The number of esters is 2. The molecule has 0 bridgehead atoms. The molecular weight excluding hydrogens is 256 g/mol. The van der Waals surface area contributed by atoms with E-state index in [0.29, 0.717) is 0 Å². The van der Waals surface area contributed by atoms with Gasteiger partial charge in [-0.25, -0.2) is 0 Å². The van der Waals surface area contributed by atoms with E-state index in [2.05, 4.69) is 13.8 Å². The topological polar surface area (TPSA) is 52.6 Å². The third kappa shape index (κ3) is 5.14. The first kappa shape index (κ1) is 18.9. The van der Waals surface area contributed by atoms with Gasteiger partial charge in [0.15, 0.2) is 0 Å². The summed E-state index contributed by atoms with van der Waals surface area (Å²) in [5.74, 6) is -0.927. The highest BCUT2D eigenvalue weighted by Crippen LogP contribution is 2.36. The lowest BCUT2D eigenvalue weighted by atomic mass is 9.77. The number of rotatable bonds is 7. The van der Waals surface area contributed by atoms with Gasteiger partial charge in [-0.3, -0.25) is 9.59 Å². The smallest absolute Gasteiger partial charge is 0.311 e. The van der Waals surface area contributed by atoms with Crippen LogP contribution in [0.25, 0.3) is 0 Å². The van der Waals surface area contributed by atoms with Crippen LogP contribution in [0.4, 0.5) is 0 Å². The van der Waals surface area contributed by atoms with Crippen molar-refractivity contribution >= 4 is 11.9 Å². The second-order valence-corrected chi connectivity index (χ2v) is 6.65. The molecule has 4 heteroatoms. The minimum Gasteiger partial charge on any atom is -0.424 e. The van der Waals surface area contributed by atoms with Crippen LogP contribution in [0.15, 0.2) is 0 Å². The van der Waals surface area contributed by atoms with Gasteiger partial charge >= 0.3 is 11.9 Å². The minimum atomic E-state index is -0.845. The van der Waals surface area contributed by atoms with Crippen molar-refractivity contribution in [3.8, 4) is 0 Å². The Labute approximate surface area is 123 Å². The summed E-state index contributed by atoms with van der Waals surface area (Å²) in [5.41, 5.74) is -0.427. The summed E-state index contributed by atoms with van der Waals surface area (Å²) in [6.45, 7) is 15.1. The van der Waals surface area contributed by atoms with Crippen LogP contribution in [0.1, 0.15) is 61.8 Å². The zero-order valence-electron chi connectivity index (χ0n) is 14.1. The van der Waals surface area contributed by atoms with Crippen LogP contribution >= 0.6 is 0 Å². The van der Waals surface area contributed by atoms with Crippen molar-refractivity contribution in [3.05, 3.63) is 0 Å². The number of ether oxygens (including phenoxy) is 2. The molecule has 0 aromatic rings. The second-order valence-electron chi connectivity index (χ2n) is 6.65. The molecule has 4 nitrogen and oxygen atoms in total. The molecule has 118 valence electrons. The zero-order valence-corrected chi connectivity index (χ0v) is 14.1. The summed E-state index contributed by atoms with van der Waals surface area (Å²) in [6.07, 6.45) is 0.0735. The Bertz CT molecular complexity index is 309. The Morgan fingerprint density at radius 1 is 0.900 bits per heavy atom. The van der Waals surface area contributed by atoms with Gasteiger partial charge in [-0.15, -0.1) is 0 Å². The zero-order chi connectivity index (χ0) is 16.1. The first-order valence-corrected chi connectivity index (χ1v) is 7.44. The van der Waals surface area contributed by atoms with Gasteiger partial charge in [0.1, 0.15) is 0 Å². The van der Waals surface area contributed by atoms with Crippen LogP contribution in [0.2, 0.25) is 0 Å². The molecule has 0 aromatic carbocycles. The molecule has 0 aromatic heterocycles. The van der Waals surface area contributed by atoms with Crippen LogP contribution < -0.4 is 0 Å².